The van der Waals surface area contributed by atoms with Gasteiger partial charge in [0, 0.05) is 5.16 Å². The highest BCUT2D eigenvalue weighted by Crippen LogP contribution is 2.33. The van der Waals surface area contributed by atoms with Crippen LogP contribution in [0, 0.1) is 5.21 Å². The first-order chi connectivity index (χ1) is 6.27. The molecule has 13 heavy (non-hydrogen) atoms. The van der Waals surface area contributed by atoms with Crippen LogP contribution in [0.15, 0.2) is 16.8 Å². The van der Waals surface area contributed by atoms with Gasteiger partial charge in [0.2, 0.25) is 5.52 Å². The average Bonchev–Trinajstić information content (AvgIpc) is 2.44. The molecule has 3 rings (SSSR count). The van der Waals surface area contributed by atoms with Gasteiger partial charge in [0.15, 0.2) is 11.3 Å². The molecule has 2 heterocycles. The Labute approximate surface area is 70.8 Å². The molecule has 0 fully saturated rings. The van der Waals surface area contributed by atoms with Crippen molar-refractivity contribution in [3.63, 3.8) is 0 Å². The fourth-order valence-corrected chi connectivity index (χ4v) is 1.31. The van der Waals surface area contributed by atoms with Crippen molar-refractivity contribution in [3.05, 3.63) is 22.9 Å². The lowest BCUT2D eigenvalue weighted by molar-refractivity contribution is -0.782. The van der Waals surface area contributed by atoms with Crippen molar-refractivity contribution >= 4 is 17.0 Å². The van der Waals surface area contributed by atoms with Crippen molar-refractivity contribution in [1.29, 1.82) is 0 Å². The monoisotopic (exact) mass is 178 g/mol. The van der Waals surface area contributed by atoms with Crippen molar-refractivity contribution in [2.45, 2.75) is 0 Å². The summed E-state index contributed by atoms with van der Waals surface area (Å²) in [6.07, 6.45) is 0. The molecule has 6 heteroatoms. The van der Waals surface area contributed by atoms with E-state index in [1.807, 2.05) is 0 Å². The first-order valence-corrected chi connectivity index (χ1v) is 3.52. The summed E-state index contributed by atoms with van der Waals surface area (Å²) in [6, 6.07) is 3.02. The third kappa shape index (κ3) is 0.605. The van der Waals surface area contributed by atoms with Gasteiger partial charge in [-0.3, -0.25) is 4.63 Å². The van der Waals surface area contributed by atoms with Crippen LogP contribution in [0.25, 0.3) is 11.0 Å². The number of aromatic nitrogens is 2. The van der Waals surface area contributed by atoms with Crippen LogP contribution in [0.5, 0.6) is 5.75 Å². The van der Waals surface area contributed by atoms with Gasteiger partial charge in [-0.05, 0) is 17.0 Å². The Morgan fingerprint density at radius 2 is 2.31 bits per heavy atom. The van der Waals surface area contributed by atoms with Crippen LogP contribution in [-0.4, -0.2) is 11.1 Å². The summed E-state index contributed by atoms with van der Waals surface area (Å²) < 4.78 is 9.01. The summed E-state index contributed by atoms with van der Waals surface area (Å²) in [5.41, 5.74) is 0.801. The van der Waals surface area contributed by atoms with Gasteiger partial charge in [-0.1, -0.05) is 0 Å². The molecule has 0 saturated heterocycles. The zero-order valence-electron chi connectivity index (χ0n) is 6.18. The summed E-state index contributed by atoms with van der Waals surface area (Å²) in [4.78, 5) is 11.2. The molecule has 0 atom stereocenters. The molecule has 0 amide bonds. The van der Waals surface area contributed by atoms with E-state index in [2.05, 4.69) is 14.5 Å². The number of esters is 1. The Bertz CT molecular complexity index is 531. The molecule has 1 aromatic heterocycles. The number of ether oxygens (including phenoxy) is 1. The van der Waals surface area contributed by atoms with Crippen LogP contribution in [0.1, 0.15) is 10.4 Å². The first kappa shape index (κ1) is 6.41. The molecule has 0 N–H and O–H groups in total. The number of hydrogen-bond acceptors (Lipinski definition) is 5. The molecular formula is C7H2N2O4. The van der Waals surface area contributed by atoms with E-state index in [0.29, 0.717) is 11.3 Å². The predicted octanol–water partition coefficient (Wildman–Crippen LogP) is -0.00620. The fraction of sp³-hybridized carbons (Fsp3) is 0. The minimum Gasteiger partial charge on any atom is -0.422 e. The molecule has 1 aliphatic rings. The van der Waals surface area contributed by atoms with Crippen molar-refractivity contribution in [2.75, 3.05) is 0 Å². The molecule has 2 aromatic rings. The molecule has 0 spiro atoms. The number of nitrogens with zero attached hydrogens (tertiary/aromatic N) is 2. The number of carbonyl (C=O) groups excluding carboxylic acids is 1. The highest BCUT2D eigenvalue weighted by atomic mass is 16.8. The smallest absolute Gasteiger partial charge is 0.352 e. The fourth-order valence-electron chi connectivity index (χ4n) is 1.31. The molecule has 64 valence electrons. The standard InChI is InChI=1S/C7H2N2O4/c10-7-5-4(12-7)2-1-3-6(5)8-13-9(3)11/h1-2H. The van der Waals surface area contributed by atoms with E-state index < -0.39 is 5.97 Å². The molecule has 0 bridgehead atoms. The Morgan fingerprint density at radius 3 is 3.08 bits per heavy atom. The Hall–Kier alpha value is -2.11. The molecule has 0 aliphatic carbocycles. The van der Waals surface area contributed by atoms with E-state index in [4.69, 9.17) is 0 Å². The van der Waals surface area contributed by atoms with E-state index in [1.165, 1.54) is 12.1 Å². The van der Waals surface area contributed by atoms with Gasteiger partial charge >= 0.3 is 5.97 Å². The lowest BCUT2D eigenvalue weighted by Crippen LogP contribution is -2.25. The Balaban J connectivity index is 2.51. The van der Waals surface area contributed by atoms with Gasteiger partial charge in [0.1, 0.15) is 0 Å². The Kier molecular flexibility index (Phi) is 0.883. The normalized spacial score (nSPS) is 13.7. The second-order valence-electron chi connectivity index (χ2n) is 2.63. The predicted molar refractivity (Wildman–Crippen MR) is 37.9 cm³/mol. The summed E-state index contributed by atoms with van der Waals surface area (Å²) in [5, 5.41) is 14.4. The van der Waals surface area contributed by atoms with Crippen LogP contribution in [0.4, 0.5) is 0 Å². The van der Waals surface area contributed by atoms with Crippen molar-refractivity contribution in [3.8, 4) is 5.75 Å². The van der Waals surface area contributed by atoms with Crippen molar-refractivity contribution in [1.82, 2.24) is 5.16 Å². The van der Waals surface area contributed by atoms with E-state index in [1.54, 1.807) is 0 Å². The van der Waals surface area contributed by atoms with Crippen molar-refractivity contribution < 1.29 is 19.1 Å². The van der Waals surface area contributed by atoms with Crippen LogP contribution in [0.2, 0.25) is 0 Å². The van der Waals surface area contributed by atoms with Gasteiger partial charge in [-0.2, -0.15) is 0 Å². The maximum absolute atomic E-state index is 10.9. The highest BCUT2D eigenvalue weighted by molar-refractivity contribution is 6.10. The quantitative estimate of drug-likeness (QED) is 0.418. The van der Waals surface area contributed by atoms with Gasteiger partial charge in [0.05, 0.1) is 0 Å². The van der Waals surface area contributed by atoms with E-state index >= 15 is 0 Å². The zero-order chi connectivity index (χ0) is 9.00. The van der Waals surface area contributed by atoms with E-state index in [9.17, 15) is 10.0 Å². The minimum atomic E-state index is -0.477. The third-order valence-electron chi connectivity index (χ3n) is 1.93. The molecule has 1 aromatic carbocycles. The highest BCUT2D eigenvalue weighted by Gasteiger charge is 2.34. The minimum absolute atomic E-state index is 0.232. The van der Waals surface area contributed by atoms with Crippen LogP contribution in [-0.2, 0) is 0 Å². The Morgan fingerprint density at radius 1 is 1.46 bits per heavy atom. The summed E-state index contributed by atoms with van der Waals surface area (Å²) in [6.45, 7) is 0. The molecule has 6 nitrogen and oxygen atoms in total. The number of fused-ring (bicyclic) bond motifs is 3. The molecule has 0 saturated carbocycles. The number of hydrogen-bond donors (Lipinski definition) is 0. The zero-order valence-corrected chi connectivity index (χ0v) is 6.18. The van der Waals surface area contributed by atoms with Crippen molar-refractivity contribution in [2.24, 2.45) is 0 Å². The van der Waals surface area contributed by atoms with Gasteiger partial charge in [-0.25, -0.2) is 4.79 Å². The third-order valence-corrected chi connectivity index (χ3v) is 1.93. The first-order valence-electron chi connectivity index (χ1n) is 3.52. The van der Waals surface area contributed by atoms with Gasteiger partial charge in [-0.15, -0.1) is 0 Å². The van der Waals surface area contributed by atoms with Gasteiger partial charge in [0.25, 0.3) is 5.52 Å². The summed E-state index contributed by atoms with van der Waals surface area (Å²) >= 11 is 0. The molecule has 0 radical (unpaired) electrons. The summed E-state index contributed by atoms with van der Waals surface area (Å²) in [5.74, 6) is -0.0408. The van der Waals surface area contributed by atoms with Crippen LogP contribution < -0.4 is 9.64 Å². The van der Waals surface area contributed by atoms with Gasteiger partial charge < -0.3 is 9.94 Å². The number of rotatable bonds is 0. The molecule has 1 aliphatic heterocycles. The summed E-state index contributed by atoms with van der Waals surface area (Å²) in [7, 11) is 0. The average molecular weight is 178 g/mol. The van der Waals surface area contributed by atoms with Crippen LogP contribution in [0.3, 0.4) is 0 Å². The lowest BCUT2D eigenvalue weighted by atomic mass is 10.1. The number of carbonyl (C=O) groups is 1. The topological polar surface area (TPSA) is 79.3 Å². The molecule has 0 unspecified atom stereocenters. The van der Waals surface area contributed by atoms with E-state index in [0.717, 1.165) is 0 Å². The SMILES string of the molecule is O=C1Oc2ccc3c(no[n+]3[O-])c21. The lowest BCUT2D eigenvalue weighted by Gasteiger charge is -2.14. The largest absolute Gasteiger partial charge is 0.422 e. The van der Waals surface area contributed by atoms with E-state index in [-0.39, 0.29) is 15.9 Å². The van der Waals surface area contributed by atoms with Crippen LogP contribution >= 0.6 is 0 Å². The molecular weight excluding hydrogens is 176 g/mol. The maximum Gasteiger partial charge on any atom is 0.352 e. The maximum atomic E-state index is 10.9. The second kappa shape index (κ2) is 1.79. The second-order valence-corrected chi connectivity index (χ2v) is 2.63. The number of benzene rings is 1.